The molecular weight excluding hydrogens is 491 g/mol. The van der Waals surface area contributed by atoms with E-state index in [2.05, 4.69) is 29.6 Å². The second-order valence-electron chi connectivity index (χ2n) is 9.60. The number of carbonyl (C=O) groups excluding carboxylic acids is 2. The van der Waals surface area contributed by atoms with Crippen LogP contribution in [0.5, 0.6) is 0 Å². The van der Waals surface area contributed by atoms with Crippen molar-refractivity contribution in [3.05, 3.63) is 102 Å². The standard InChI is InChI=1S/C30H32F3N3O2/c1-22(37)35-18-15-27(16-19-35)36(29(38)34-26-14-8-13-25(21-26)30(31,32)33)20-17-28(23-9-4-2-5-10-23)24-11-6-3-7-12-24/h2-14,21,27-28H,15-20H2,1H3,(H,34,38). The summed E-state index contributed by atoms with van der Waals surface area (Å²) < 4.78 is 39.7. The summed E-state index contributed by atoms with van der Waals surface area (Å²) >= 11 is 0. The number of anilines is 1. The highest BCUT2D eigenvalue weighted by atomic mass is 19.4. The topological polar surface area (TPSA) is 52.7 Å². The molecule has 200 valence electrons. The molecule has 3 amide bonds. The number of alkyl halides is 3. The van der Waals surface area contributed by atoms with Crippen LogP contribution in [0.4, 0.5) is 23.7 Å². The van der Waals surface area contributed by atoms with E-state index in [1.54, 1.807) is 9.80 Å². The third-order valence-electron chi connectivity index (χ3n) is 7.12. The summed E-state index contributed by atoms with van der Waals surface area (Å²) in [6.07, 6.45) is -2.65. The largest absolute Gasteiger partial charge is 0.416 e. The van der Waals surface area contributed by atoms with Gasteiger partial charge in [-0.25, -0.2) is 4.79 Å². The summed E-state index contributed by atoms with van der Waals surface area (Å²) in [6, 6.07) is 24.2. The normalized spacial score (nSPS) is 14.4. The lowest BCUT2D eigenvalue weighted by molar-refractivity contribution is -0.137. The van der Waals surface area contributed by atoms with Crippen molar-refractivity contribution in [3.63, 3.8) is 0 Å². The monoisotopic (exact) mass is 523 g/mol. The number of halogens is 3. The molecule has 4 rings (SSSR count). The average Bonchev–Trinajstić information content (AvgIpc) is 2.92. The zero-order valence-corrected chi connectivity index (χ0v) is 21.3. The summed E-state index contributed by atoms with van der Waals surface area (Å²) in [4.78, 5) is 28.9. The maximum atomic E-state index is 13.5. The number of nitrogens with zero attached hydrogens (tertiary/aromatic N) is 2. The summed E-state index contributed by atoms with van der Waals surface area (Å²) in [5, 5.41) is 2.70. The van der Waals surface area contributed by atoms with Gasteiger partial charge < -0.3 is 15.1 Å². The zero-order valence-electron chi connectivity index (χ0n) is 21.3. The molecule has 8 heteroatoms. The number of amides is 3. The molecule has 38 heavy (non-hydrogen) atoms. The fourth-order valence-corrected chi connectivity index (χ4v) is 5.08. The van der Waals surface area contributed by atoms with Gasteiger partial charge in [0, 0.05) is 44.2 Å². The summed E-state index contributed by atoms with van der Waals surface area (Å²) in [6.45, 7) is 3.01. The molecule has 1 aliphatic heterocycles. The van der Waals surface area contributed by atoms with Crippen LogP contribution >= 0.6 is 0 Å². The minimum absolute atomic E-state index is 0.00311. The highest BCUT2D eigenvalue weighted by Gasteiger charge is 2.32. The molecule has 0 spiro atoms. The number of nitrogens with one attached hydrogen (secondary N) is 1. The molecule has 0 aromatic heterocycles. The van der Waals surface area contributed by atoms with E-state index >= 15 is 0 Å². The van der Waals surface area contributed by atoms with Gasteiger partial charge in [0.1, 0.15) is 0 Å². The van der Waals surface area contributed by atoms with E-state index in [1.165, 1.54) is 19.1 Å². The Morgan fingerprint density at radius 1 is 0.921 bits per heavy atom. The minimum Gasteiger partial charge on any atom is -0.343 e. The van der Waals surface area contributed by atoms with Gasteiger partial charge in [0.25, 0.3) is 0 Å². The first kappa shape index (κ1) is 27.2. The molecule has 1 heterocycles. The van der Waals surface area contributed by atoms with Crippen molar-refractivity contribution >= 4 is 17.6 Å². The number of benzene rings is 3. The van der Waals surface area contributed by atoms with Crippen LogP contribution in [0, 0.1) is 0 Å². The number of rotatable bonds is 7. The van der Waals surface area contributed by atoms with E-state index < -0.39 is 17.8 Å². The SMILES string of the molecule is CC(=O)N1CCC(N(CCC(c2ccccc2)c2ccccc2)C(=O)Nc2cccc(C(F)(F)F)c2)CC1. The number of urea groups is 1. The quantitative estimate of drug-likeness (QED) is 0.372. The van der Waals surface area contributed by atoms with Crippen molar-refractivity contribution in [2.75, 3.05) is 25.0 Å². The van der Waals surface area contributed by atoms with Crippen LogP contribution in [0.3, 0.4) is 0 Å². The van der Waals surface area contributed by atoms with E-state index in [4.69, 9.17) is 0 Å². The number of piperidine rings is 1. The zero-order chi connectivity index (χ0) is 27.1. The van der Waals surface area contributed by atoms with Gasteiger partial charge in [-0.2, -0.15) is 13.2 Å². The highest BCUT2D eigenvalue weighted by Crippen LogP contribution is 2.32. The molecule has 0 unspecified atom stereocenters. The molecule has 1 aliphatic rings. The lowest BCUT2D eigenvalue weighted by atomic mass is 9.88. The first-order chi connectivity index (χ1) is 18.2. The maximum absolute atomic E-state index is 13.5. The van der Waals surface area contributed by atoms with Gasteiger partial charge in [-0.15, -0.1) is 0 Å². The van der Waals surface area contributed by atoms with Gasteiger partial charge in [0.15, 0.2) is 0 Å². The fourth-order valence-electron chi connectivity index (χ4n) is 5.08. The third-order valence-corrected chi connectivity index (χ3v) is 7.12. The van der Waals surface area contributed by atoms with Crippen molar-refractivity contribution in [1.29, 1.82) is 0 Å². The van der Waals surface area contributed by atoms with Crippen LogP contribution in [0.2, 0.25) is 0 Å². The Labute approximate surface area is 221 Å². The van der Waals surface area contributed by atoms with Crippen LogP contribution in [-0.2, 0) is 11.0 Å². The van der Waals surface area contributed by atoms with Crippen LogP contribution in [0.25, 0.3) is 0 Å². The van der Waals surface area contributed by atoms with Crippen molar-refractivity contribution in [2.45, 2.75) is 44.3 Å². The molecule has 1 saturated heterocycles. The Morgan fingerprint density at radius 3 is 2.03 bits per heavy atom. The van der Waals surface area contributed by atoms with Gasteiger partial charge in [-0.05, 0) is 48.6 Å². The molecule has 1 N–H and O–H groups in total. The molecule has 0 atom stereocenters. The van der Waals surface area contributed by atoms with Gasteiger partial charge in [-0.3, -0.25) is 4.79 Å². The predicted molar refractivity (Wildman–Crippen MR) is 142 cm³/mol. The second kappa shape index (κ2) is 12.2. The molecule has 0 radical (unpaired) electrons. The van der Waals surface area contributed by atoms with Gasteiger partial charge in [0.05, 0.1) is 5.56 Å². The Hall–Kier alpha value is -3.81. The molecule has 1 fully saturated rings. The van der Waals surface area contributed by atoms with Crippen LogP contribution < -0.4 is 5.32 Å². The van der Waals surface area contributed by atoms with E-state index in [9.17, 15) is 22.8 Å². The number of hydrogen-bond donors (Lipinski definition) is 1. The predicted octanol–water partition coefficient (Wildman–Crippen LogP) is 6.77. The van der Waals surface area contributed by atoms with E-state index in [1.807, 2.05) is 36.4 Å². The lowest BCUT2D eigenvalue weighted by Crippen LogP contribution is -2.50. The summed E-state index contributed by atoms with van der Waals surface area (Å²) in [5.74, 6) is 0.0372. The third kappa shape index (κ3) is 6.94. The Bertz CT molecular complexity index is 1170. The smallest absolute Gasteiger partial charge is 0.343 e. The first-order valence-corrected chi connectivity index (χ1v) is 12.8. The average molecular weight is 524 g/mol. The molecule has 3 aromatic rings. The minimum atomic E-state index is -4.50. The number of carbonyl (C=O) groups is 2. The molecule has 0 aliphatic carbocycles. The first-order valence-electron chi connectivity index (χ1n) is 12.8. The van der Waals surface area contributed by atoms with E-state index in [-0.39, 0.29) is 23.6 Å². The van der Waals surface area contributed by atoms with Crippen molar-refractivity contribution in [1.82, 2.24) is 9.80 Å². The van der Waals surface area contributed by atoms with Gasteiger partial charge >= 0.3 is 12.2 Å². The molecular formula is C30H32F3N3O2. The van der Waals surface area contributed by atoms with E-state index in [0.29, 0.717) is 38.9 Å². The number of hydrogen-bond acceptors (Lipinski definition) is 2. The van der Waals surface area contributed by atoms with Crippen LogP contribution in [0.1, 0.15) is 48.8 Å². The molecule has 5 nitrogen and oxygen atoms in total. The number of likely N-dealkylation sites (tertiary alicyclic amines) is 1. The molecule has 0 saturated carbocycles. The second-order valence-corrected chi connectivity index (χ2v) is 9.60. The van der Waals surface area contributed by atoms with Crippen molar-refractivity contribution in [3.8, 4) is 0 Å². The maximum Gasteiger partial charge on any atom is 0.416 e. The Balaban J connectivity index is 1.56. The summed E-state index contributed by atoms with van der Waals surface area (Å²) in [7, 11) is 0. The molecule has 3 aromatic carbocycles. The van der Waals surface area contributed by atoms with E-state index in [0.717, 1.165) is 23.3 Å². The van der Waals surface area contributed by atoms with Crippen LogP contribution in [-0.4, -0.2) is 47.4 Å². The van der Waals surface area contributed by atoms with Crippen molar-refractivity contribution in [2.24, 2.45) is 0 Å². The fraction of sp³-hybridized carbons (Fsp3) is 0.333. The van der Waals surface area contributed by atoms with Crippen molar-refractivity contribution < 1.29 is 22.8 Å². The molecule has 0 bridgehead atoms. The summed E-state index contributed by atoms with van der Waals surface area (Å²) in [5.41, 5.74) is 1.54. The highest BCUT2D eigenvalue weighted by molar-refractivity contribution is 5.89. The Morgan fingerprint density at radius 2 is 1.50 bits per heavy atom. The van der Waals surface area contributed by atoms with Gasteiger partial charge in [0.2, 0.25) is 5.91 Å². The van der Waals surface area contributed by atoms with Gasteiger partial charge in [-0.1, -0.05) is 66.7 Å². The Kier molecular flexibility index (Phi) is 8.71. The van der Waals surface area contributed by atoms with Crippen LogP contribution in [0.15, 0.2) is 84.9 Å². The lowest BCUT2D eigenvalue weighted by Gasteiger charge is -2.39.